The second-order valence-corrected chi connectivity index (χ2v) is 7.20. The average molecular weight is 457 g/mol. The molecule has 4 rings (SSSR count). The van der Waals surface area contributed by atoms with E-state index in [0.717, 1.165) is 16.6 Å². The number of nitrogens with zero attached hydrogens (tertiary/aromatic N) is 1. The van der Waals surface area contributed by atoms with Crippen LogP contribution in [0.1, 0.15) is 26.4 Å². The zero-order chi connectivity index (χ0) is 21.8. The Bertz CT molecular complexity index is 1300. The Morgan fingerprint density at radius 1 is 0.969 bits per heavy atom. The molecule has 3 aromatic carbocycles. The number of benzene rings is 3. The quantitative estimate of drug-likeness (QED) is 0.408. The maximum absolute atomic E-state index is 12.6. The number of fused-ring (bicyclic) bond motifs is 1. The van der Waals surface area contributed by atoms with Crippen LogP contribution in [-0.4, -0.2) is 51.5 Å². The number of hydrogen-bond donors (Lipinski definition) is 2. The molecular weight excluding hydrogens is 439 g/mol. The molecule has 0 aliphatic carbocycles. The van der Waals surface area contributed by atoms with Crippen molar-refractivity contribution in [1.82, 2.24) is 4.98 Å². The molecule has 0 saturated carbocycles. The molecule has 0 atom stereocenters. The predicted octanol–water partition coefficient (Wildman–Crippen LogP) is 4.77. The summed E-state index contributed by atoms with van der Waals surface area (Å²) in [7, 11) is 0. The summed E-state index contributed by atoms with van der Waals surface area (Å²) in [5.74, 6) is -1.14. The number of hydrogen-bond acceptors (Lipinski definition) is 4. The second kappa shape index (κ2) is 10.6. The number of nitrogens with one attached hydrogen (secondary N) is 1. The normalized spacial score (nSPS) is 10.3. The van der Waals surface area contributed by atoms with Crippen molar-refractivity contribution in [3.8, 4) is 5.75 Å². The minimum atomic E-state index is -1.18. The van der Waals surface area contributed by atoms with Gasteiger partial charge in [0.15, 0.2) is 0 Å². The first-order chi connectivity index (χ1) is 15.0. The predicted molar refractivity (Wildman–Crippen MR) is 126 cm³/mol. The van der Waals surface area contributed by atoms with Gasteiger partial charge in [-0.15, -0.1) is 0 Å². The number of carboxylic acid groups (broad SMARTS) is 1. The first kappa shape index (κ1) is 23.8. The summed E-state index contributed by atoms with van der Waals surface area (Å²) in [4.78, 5) is 28.6. The van der Waals surface area contributed by atoms with E-state index in [9.17, 15) is 14.7 Å². The first-order valence-corrected chi connectivity index (χ1v) is 9.79. The van der Waals surface area contributed by atoms with Gasteiger partial charge in [-0.2, -0.15) is 0 Å². The van der Waals surface area contributed by atoms with Crippen molar-refractivity contribution >= 4 is 69.6 Å². The zero-order valence-electron chi connectivity index (χ0n) is 16.2. The van der Waals surface area contributed by atoms with E-state index in [-0.39, 0.29) is 52.4 Å². The molecule has 0 spiro atoms. The van der Waals surface area contributed by atoms with E-state index in [4.69, 9.17) is 16.3 Å². The Morgan fingerprint density at radius 3 is 2.59 bits per heavy atom. The molecule has 156 valence electrons. The van der Waals surface area contributed by atoms with Gasteiger partial charge in [-0.3, -0.25) is 4.79 Å². The van der Waals surface area contributed by atoms with Crippen LogP contribution in [0.5, 0.6) is 5.75 Å². The van der Waals surface area contributed by atoms with Crippen LogP contribution >= 0.6 is 11.6 Å². The van der Waals surface area contributed by atoms with Crippen molar-refractivity contribution in [3.63, 3.8) is 0 Å². The van der Waals surface area contributed by atoms with Gasteiger partial charge in [0.2, 0.25) is 0 Å². The Labute approximate surface area is 211 Å². The topological polar surface area (TPSA) is 88.5 Å². The Morgan fingerprint density at radius 2 is 1.78 bits per heavy atom. The third-order valence-corrected chi connectivity index (χ3v) is 4.83. The number of halogens is 1. The molecule has 8 heteroatoms. The van der Waals surface area contributed by atoms with E-state index in [0.29, 0.717) is 11.3 Å². The molecule has 0 aliphatic heterocycles. The summed E-state index contributed by atoms with van der Waals surface area (Å²) in [5, 5.41) is 13.3. The van der Waals surface area contributed by atoms with E-state index < -0.39 is 11.9 Å². The Balaban J connectivity index is 0.00000289. The fourth-order valence-electron chi connectivity index (χ4n) is 3.07. The van der Waals surface area contributed by atoms with Crippen LogP contribution in [0.4, 0.5) is 5.69 Å². The van der Waals surface area contributed by atoms with Crippen molar-refractivity contribution in [2.24, 2.45) is 0 Å². The number of ether oxygens (including phenoxy) is 1. The third kappa shape index (κ3) is 5.66. The number of carbonyl (C=O) groups excluding carboxylic acids is 1. The van der Waals surface area contributed by atoms with Crippen LogP contribution in [0.3, 0.4) is 0 Å². The van der Waals surface area contributed by atoms with E-state index in [1.54, 1.807) is 24.3 Å². The average Bonchev–Trinajstić information content (AvgIpc) is 2.78. The van der Waals surface area contributed by atoms with Gasteiger partial charge < -0.3 is 15.2 Å². The van der Waals surface area contributed by atoms with Crippen molar-refractivity contribution in [2.75, 3.05) is 5.32 Å². The molecular formula is C24H18ClN2NaO4. The number of aromatic nitrogens is 1. The van der Waals surface area contributed by atoms with Crippen molar-refractivity contribution < 1.29 is 19.4 Å². The summed E-state index contributed by atoms with van der Waals surface area (Å²) >= 11 is 5.85. The number of carbonyl (C=O) groups is 2. The van der Waals surface area contributed by atoms with E-state index in [1.807, 2.05) is 36.4 Å². The molecule has 0 aliphatic rings. The van der Waals surface area contributed by atoms with Crippen LogP contribution in [0.2, 0.25) is 5.02 Å². The molecule has 0 radical (unpaired) electrons. The van der Waals surface area contributed by atoms with Crippen LogP contribution in [0.15, 0.2) is 78.9 Å². The molecule has 32 heavy (non-hydrogen) atoms. The standard InChI is InChI=1S/C24H17ClN2O4.Na.H/c25-17-9-11-22(20(13-17)24(29)30)27-23(28)16-5-3-6-19(12-16)31-14-18-10-8-15-4-1-2-7-21(15)26-18;;/h1-13H,14H2,(H,27,28)(H,29,30);;. The number of pyridine rings is 1. The fourth-order valence-corrected chi connectivity index (χ4v) is 3.24. The van der Waals surface area contributed by atoms with E-state index in [1.165, 1.54) is 18.2 Å². The maximum atomic E-state index is 12.6. The van der Waals surface area contributed by atoms with Gasteiger partial charge in [-0.1, -0.05) is 41.9 Å². The third-order valence-electron chi connectivity index (χ3n) is 4.60. The summed E-state index contributed by atoms with van der Waals surface area (Å²) in [6.07, 6.45) is 0. The van der Waals surface area contributed by atoms with Gasteiger partial charge in [0, 0.05) is 16.0 Å². The van der Waals surface area contributed by atoms with Gasteiger partial charge in [0.05, 0.1) is 22.5 Å². The van der Waals surface area contributed by atoms with Crippen LogP contribution in [0, 0.1) is 0 Å². The molecule has 2 N–H and O–H groups in total. The summed E-state index contributed by atoms with van der Waals surface area (Å²) in [6, 6.07) is 22.6. The van der Waals surface area contributed by atoms with Crippen LogP contribution < -0.4 is 10.1 Å². The number of anilines is 1. The molecule has 1 aromatic heterocycles. The summed E-state index contributed by atoms with van der Waals surface area (Å²) in [6.45, 7) is 0.246. The Kier molecular flexibility index (Phi) is 7.88. The number of para-hydroxylation sites is 1. The number of amides is 1. The first-order valence-electron chi connectivity index (χ1n) is 9.41. The number of aromatic carboxylic acids is 1. The second-order valence-electron chi connectivity index (χ2n) is 6.76. The van der Waals surface area contributed by atoms with Crippen molar-refractivity contribution in [1.29, 1.82) is 0 Å². The minimum absolute atomic E-state index is 0. The fraction of sp³-hybridized carbons (Fsp3) is 0.0417. The summed E-state index contributed by atoms with van der Waals surface area (Å²) in [5.41, 5.74) is 2.05. The van der Waals surface area contributed by atoms with Gasteiger partial charge in [-0.05, 0) is 48.5 Å². The molecule has 1 amide bonds. The molecule has 6 nitrogen and oxygen atoms in total. The molecule has 0 saturated heterocycles. The molecule has 0 bridgehead atoms. The van der Waals surface area contributed by atoms with Crippen LogP contribution in [0.25, 0.3) is 10.9 Å². The summed E-state index contributed by atoms with van der Waals surface area (Å²) < 4.78 is 5.81. The van der Waals surface area contributed by atoms with Gasteiger partial charge in [0.25, 0.3) is 5.91 Å². The molecule has 1 heterocycles. The number of carboxylic acids is 1. The molecule has 4 aromatic rings. The van der Waals surface area contributed by atoms with Gasteiger partial charge in [0.1, 0.15) is 12.4 Å². The monoisotopic (exact) mass is 456 g/mol. The number of rotatable bonds is 6. The van der Waals surface area contributed by atoms with E-state index in [2.05, 4.69) is 10.3 Å². The zero-order valence-corrected chi connectivity index (χ0v) is 17.0. The van der Waals surface area contributed by atoms with Gasteiger partial charge >= 0.3 is 35.5 Å². The molecule has 0 unspecified atom stereocenters. The van der Waals surface area contributed by atoms with Crippen molar-refractivity contribution in [2.45, 2.75) is 6.61 Å². The SMILES string of the molecule is O=C(Nc1ccc(Cl)cc1C(=O)O)c1cccc(OCc2ccc3ccccc3n2)c1.[NaH]. The molecule has 0 fully saturated rings. The van der Waals surface area contributed by atoms with Crippen molar-refractivity contribution in [3.05, 3.63) is 101 Å². The van der Waals surface area contributed by atoms with Gasteiger partial charge in [-0.25, -0.2) is 9.78 Å². The Hall–Kier alpha value is -2.90. The van der Waals surface area contributed by atoms with Crippen LogP contribution in [-0.2, 0) is 6.61 Å². The van der Waals surface area contributed by atoms with E-state index >= 15 is 0 Å².